The Morgan fingerprint density at radius 3 is 2.50 bits per heavy atom. The molecule has 0 bridgehead atoms. The molecule has 2 unspecified atom stereocenters. The van der Waals surface area contributed by atoms with Gasteiger partial charge in [-0.2, -0.15) is 0 Å². The van der Waals surface area contributed by atoms with Crippen LogP contribution in [0.2, 0.25) is 0 Å². The molecule has 14 heavy (non-hydrogen) atoms. The van der Waals surface area contributed by atoms with Crippen LogP contribution in [-0.4, -0.2) is 39.5 Å². The summed E-state index contributed by atoms with van der Waals surface area (Å²) in [6, 6.07) is 0.376. The van der Waals surface area contributed by atoms with Crippen LogP contribution in [0.4, 0.5) is 0 Å². The first-order valence-corrected chi connectivity index (χ1v) is 6.80. The third-order valence-corrected chi connectivity index (χ3v) is 2.88. The molecule has 0 saturated carbocycles. The minimum Gasteiger partial charge on any atom is -0.390 e. The van der Waals surface area contributed by atoms with Gasteiger partial charge in [0, 0.05) is 28.9 Å². The van der Waals surface area contributed by atoms with Crippen LogP contribution in [-0.2, 0) is 10.8 Å². The van der Waals surface area contributed by atoms with E-state index in [0.717, 1.165) is 25.1 Å². The second-order valence-electron chi connectivity index (χ2n) is 4.48. The van der Waals surface area contributed by atoms with E-state index in [1.165, 1.54) is 0 Å². The van der Waals surface area contributed by atoms with Crippen molar-refractivity contribution < 1.29 is 9.32 Å². The Morgan fingerprint density at radius 2 is 2.07 bits per heavy atom. The molecule has 0 amide bonds. The topological polar surface area (TPSA) is 49.3 Å². The Kier molecular flexibility index (Phi) is 6.57. The average Bonchev–Trinajstić information content (AvgIpc) is 1.98. The lowest BCUT2D eigenvalue weighted by Gasteiger charge is -2.19. The normalized spacial score (nSPS) is 16.6. The van der Waals surface area contributed by atoms with Crippen LogP contribution in [0.1, 0.15) is 33.6 Å². The average molecular weight is 221 g/mol. The fourth-order valence-corrected chi connectivity index (χ4v) is 1.75. The van der Waals surface area contributed by atoms with Gasteiger partial charge in [0.05, 0.1) is 5.60 Å². The van der Waals surface area contributed by atoms with Gasteiger partial charge < -0.3 is 10.4 Å². The minimum absolute atomic E-state index is 0.376. The zero-order valence-corrected chi connectivity index (χ0v) is 10.5. The molecular weight excluding hydrogens is 198 g/mol. The van der Waals surface area contributed by atoms with Crippen molar-refractivity contribution in [1.82, 2.24) is 5.32 Å². The first kappa shape index (κ1) is 14.1. The van der Waals surface area contributed by atoms with Gasteiger partial charge >= 0.3 is 0 Å². The molecule has 0 spiro atoms. The highest BCUT2D eigenvalue weighted by Gasteiger charge is 2.12. The summed E-state index contributed by atoms with van der Waals surface area (Å²) in [4.78, 5) is 0. The molecule has 4 heteroatoms. The van der Waals surface area contributed by atoms with Crippen LogP contribution in [0.15, 0.2) is 0 Å². The molecule has 0 rings (SSSR count). The van der Waals surface area contributed by atoms with Crippen molar-refractivity contribution in [2.24, 2.45) is 0 Å². The van der Waals surface area contributed by atoms with Crippen LogP contribution < -0.4 is 5.32 Å². The maximum atomic E-state index is 10.8. The van der Waals surface area contributed by atoms with Gasteiger partial charge in [0.15, 0.2) is 0 Å². The molecule has 0 aliphatic rings. The van der Waals surface area contributed by atoms with Crippen molar-refractivity contribution in [1.29, 1.82) is 0 Å². The van der Waals surface area contributed by atoms with Crippen molar-refractivity contribution in [2.75, 3.05) is 18.6 Å². The monoisotopic (exact) mass is 221 g/mol. The number of aliphatic hydroxyl groups is 1. The maximum Gasteiger partial charge on any atom is 0.0603 e. The van der Waals surface area contributed by atoms with E-state index >= 15 is 0 Å². The van der Waals surface area contributed by atoms with E-state index in [9.17, 15) is 9.32 Å². The lowest BCUT2D eigenvalue weighted by atomic mass is 10.1. The molecule has 0 saturated heterocycles. The van der Waals surface area contributed by atoms with E-state index < -0.39 is 16.4 Å². The standard InChI is InChI=1S/C10H23NO2S/c1-9(5-8-14(4)13)11-7-6-10(2,3)12/h9,11-12H,5-8H2,1-4H3. The highest BCUT2D eigenvalue weighted by molar-refractivity contribution is 7.84. The van der Waals surface area contributed by atoms with Crippen LogP contribution in [0.5, 0.6) is 0 Å². The minimum atomic E-state index is -0.698. The zero-order chi connectivity index (χ0) is 11.2. The molecule has 3 nitrogen and oxygen atoms in total. The molecule has 2 atom stereocenters. The van der Waals surface area contributed by atoms with Crippen LogP contribution >= 0.6 is 0 Å². The second kappa shape index (κ2) is 6.53. The number of hydrogen-bond acceptors (Lipinski definition) is 3. The number of rotatable bonds is 7. The quantitative estimate of drug-likeness (QED) is 0.671. The van der Waals surface area contributed by atoms with E-state index in [4.69, 9.17) is 0 Å². The van der Waals surface area contributed by atoms with Gasteiger partial charge in [-0.25, -0.2) is 0 Å². The van der Waals surface area contributed by atoms with Crippen molar-refractivity contribution in [3.63, 3.8) is 0 Å². The fraction of sp³-hybridized carbons (Fsp3) is 1.00. The summed E-state index contributed by atoms with van der Waals surface area (Å²) in [7, 11) is -0.698. The maximum absolute atomic E-state index is 10.8. The summed E-state index contributed by atoms with van der Waals surface area (Å²) in [6.07, 6.45) is 3.39. The predicted octanol–water partition coefficient (Wildman–Crippen LogP) is 0.894. The molecular formula is C10H23NO2S. The van der Waals surface area contributed by atoms with Gasteiger partial charge in [-0.15, -0.1) is 0 Å². The van der Waals surface area contributed by atoms with Crippen molar-refractivity contribution in [3.05, 3.63) is 0 Å². The molecule has 0 heterocycles. The molecule has 0 fully saturated rings. The SMILES string of the molecule is CC(CCS(C)=O)NCCC(C)(C)O. The third-order valence-electron chi connectivity index (χ3n) is 2.07. The van der Waals surface area contributed by atoms with Gasteiger partial charge in [-0.1, -0.05) is 0 Å². The van der Waals surface area contributed by atoms with Gasteiger partial charge in [0.25, 0.3) is 0 Å². The number of hydrogen-bond donors (Lipinski definition) is 2. The second-order valence-corrected chi connectivity index (χ2v) is 6.04. The molecule has 86 valence electrons. The summed E-state index contributed by atoms with van der Waals surface area (Å²) in [5.41, 5.74) is -0.597. The molecule has 0 radical (unpaired) electrons. The first-order chi connectivity index (χ1) is 6.31. The molecule has 0 aromatic rings. The lowest BCUT2D eigenvalue weighted by molar-refractivity contribution is 0.0705. The summed E-state index contributed by atoms with van der Waals surface area (Å²) < 4.78 is 10.8. The summed E-state index contributed by atoms with van der Waals surface area (Å²) in [6.45, 7) is 6.50. The lowest BCUT2D eigenvalue weighted by Crippen LogP contribution is -2.32. The number of nitrogens with one attached hydrogen (secondary N) is 1. The van der Waals surface area contributed by atoms with Crippen molar-refractivity contribution in [3.8, 4) is 0 Å². The fourth-order valence-electron chi connectivity index (χ4n) is 1.07. The van der Waals surface area contributed by atoms with Crippen LogP contribution in [0, 0.1) is 0 Å². The summed E-state index contributed by atoms with van der Waals surface area (Å²) in [5.74, 6) is 0.747. The Morgan fingerprint density at radius 1 is 1.50 bits per heavy atom. The van der Waals surface area contributed by atoms with E-state index in [0.29, 0.717) is 6.04 Å². The van der Waals surface area contributed by atoms with Crippen LogP contribution in [0.25, 0.3) is 0 Å². The van der Waals surface area contributed by atoms with Crippen molar-refractivity contribution >= 4 is 10.8 Å². The molecule has 0 aliphatic heterocycles. The van der Waals surface area contributed by atoms with Gasteiger partial charge in [-0.3, -0.25) is 4.21 Å². The van der Waals surface area contributed by atoms with Gasteiger partial charge in [-0.05, 0) is 40.2 Å². The summed E-state index contributed by atoms with van der Waals surface area (Å²) in [5, 5.41) is 12.8. The Labute approximate surface area is 89.7 Å². The first-order valence-electron chi connectivity index (χ1n) is 5.07. The van der Waals surface area contributed by atoms with Crippen LogP contribution in [0.3, 0.4) is 0 Å². The Bertz CT molecular complexity index is 177. The predicted molar refractivity (Wildman–Crippen MR) is 61.9 cm³/mol. The Hall–Kier alpha value is 0.0700. The van der Waals surface area contributed by atoms with E-state index in [1.807, 2.05) is 0 Å². The highest BCUT2D eigenvalue weighted by atomic mass is 32.2. The van der Waals surface area contributed by atoms with E-state index in [1.54, 1.807) is 20.1 Å². The van der Waals surface area contributed by atoms with E-state index in [2.05, 4.69) is 12.2 Å². The van der Waals surface area contributed by atoms with Gasteiger partial charge in [0.2, 0.25) is 0 Å². The Balaban J connectivity index is 3.45. The smallest absolute Gasteiger partial charge is 0.0603 e. The molecule has 2 N–H and O–H groups in total. The molecule has 0 aromatic heterocycles. The molecule has 0 aliphatic carbocycles. The van der Waals surface area contributed by atoms with Gasteiger partial charge in [0.1, 0.15) is 0 Å². The molecule has 0 aromatic carbocycles. The largest absolute Gasteiger partial charge is 0.390 e. The highest BCUT2D eigenvalue weighted by Crippen LogP contribution is 2.05. The van der Waals surface area contributed by atoms with Crippen molar-refractivity contribution in [2.45, 2.75) is 45.3 Å². The zero-order valence-electron chi connectivity index (χ0n) is 9.67. The third kappa shape index (κ3) is 10.2. The van der Waals surface area contributed by atoms with E-state index in [-0.39, 0.29) is 0 Å². The summed E-state index contributed by atoms with van der Waals surface area (Å²) >= 11 is 0.